The molecule has 5 heteroatoms. The van der Waals surface area contributed by atoms with Gasteiger partial charge in [0.05, 0.1) is 5.69 Å². The molecule has 0 spiro atoms. The Bertz CT molecular complexity index is 408. The number of para-hydroxylation sites is 2. The van der Waals surface area contributed by atoms with Crippen molar-refractivity contribution < 1.29 is 9.13 Å². The number of halogens is 1. The van der Waals surface area contributed by atoms with E-state index in [1.165, 1.54) is 6.42 Å². The third kappa shape index (κ3) is 4.86. The van der Waals surface area contributed by atoms with Crippen molar-refractivity contribution in [1.29, 1.82) is 0 Å². The smallest absolute Gasteiger partial charge is 0.142 e. The quantitative estimate of drug-likeness (QED) is 0.744. The van der Waals surface area contributed by atoms with Gasteiger partial charge in [0.25, 0.3) is 0 Å². The summed E-state index contributed by atoms with van der Waals surface area (Å²) in [5, 5.41) is 0. The molecule has 1 heterocycles. The molecular formula is C16H26FN3O. The zero-order chi connectivity index (χ0) is 14.9. The molecule has 1 saturated heterocycles. The van der Waals surface area contributed by atoms with Gasteiger partial charge in [0.1, 0.15) is 19.0 Å². The Hall–Kier alpha value is -1.33. The SMILES string of the molecule is NCCCCN1CCN(c2ccccc2OCCF)CC1. The van der Waals surface area contributed by atoms with Gasteiger partial charge in [0, 0.05) is 26.2 Å². The van der Waals surface area contributed by atoms with E-state index in [-0.39, 0.29) is 6.61 Å². The number of anilines is 1. The standard InChI is InChI=1S/C16H26FN3O/c17-7-14-21-16-6-2-1-5-15(16)20-12-10-19(11-13-20)9-4-3-8-18/h1-2,5-6H,3-4,7-14,18H2. The van der Waals surface area contributed by atoms with E-state index < -0.39 is 6.67 Å². The monoisotopic (exact) mass is 295 g/mol. The Balaban J connectivity index is 1.87. The zero-order valence-corrected chi connectivity index (χ0v) is 12.6. The summed E-state index contributed by atoms with van der Waals surface area (Å²) in [5.41, 5.74) is 6.61. The number of alkyl halides is 1. The van der Waals surface area contributed by atoms with E-state index in [9.17, 15) is 4.39 Å². The van der Waals surface area contributed by atoms with Gasteiger partial charge in [-0.25, -0.2) is 4.39 Å². The van der Waals surface area contributed by atoms with Gasteiger partial charge in [0.15, 0.2) is 0 Å². The normalized spacial score (nSPS) is 16.2. The lowest BCUT2D eigenvalue weighted by atomic mass is 10.2. The molecular weight excluding hydrogens is 269 g/mol. The van der Waals surface area contributed by atoms with Crippen molar-refractivity contribution in [3.63, 3.8) is 0 Å². The second-order valence-corrected chi connectivity index (χ2v) is 5.33. The fourth-order valence-electron chi connectivity index (χ4n) is 2.68. The van der Waals surface area contributed by atoms with E-state index in [0.29, 0.717) is 0 Å². The van der Waals surface area contributed by atoms with Crippen LogP contribution in [0.5, 0.6) is 5.75 Å². The summed E-state index contributed by atoms with van der Waals surface area (Å²) >= 11 is 0. The second kappa shape index (κ2) is 8.85. The van der Waals surface area contributed by atoms with Crippen molar-refractivity contribution in [2.45, 2.75) is 12.8 Å². The molecule has 2 N–H and O–H groups in total. The van der Waals surface area contributed by atoms with Crippen molar-refractivity contribution >= 4 is 5.69 Å². The predicted molar refractivity (Wildman–Crippen MR) is 84.9 cm³/mol. The van der Waals surface area contributed by atoms with Crippen molar-refractivity contribution in [3.8, 4) is 5.75 Å². The fraction of sp³-hybridized carbons (Fsp3) is 0.625. The summed E-state index contributed by atoms with van der Waals surface area (Å²) in [4.78, 5) is 4.81. The minimum Gasteiger partial charge on any atom is -0.489 e. The van der Waals surface area contributed by atoms with Crippen LogP contribution in [0.3, 0.4) is 0 Å². The first-order valence-corrected chi connectivity index (χ1v) is 7.80. The second-order valence-electron chi connectivity index (χ2n) is 5.33. The first-order chi connectivity index (χ1) is 10.3. The number of nitrogens with two attached hydrogens (primary N) is 1. The molecule has 1 aliphatic rings. The Morgan fingerprint density at radius 1 is 1.10 bits per heavy atom. The third-order valence-corrected chi connectivity index (χ3v) is 3.84. The zero-order valence-electron chi connectivity index (χ0n) is 12.6. The summed E-state index contributed by atoms with van der Waals surface area (Å²) in [6.07, 6.45) is 2.27. The Morgan fingerprint density at radius 3 is 2.57 bits per heavy atom. The molecule has 0 unspecified atom stereocenters. The van der Waals surface area contributed by atoms with Crippen molar-refractivity contribution in [2.75, 3.05) is 57.4 Å². The van der Waals surface area contributed by atoms with Crippen LogP contribution in [-0.2, 0) is 0 Å². The van der Waals surface area contributed by atoms with Crippen LogP contribution in [0.25, 0.3) is 0 Å². The van der Waals surface area contributed by atoms with Crippen LogP contribution in [0.15, 0.2) is 24.3 Å². The molecule has 0 saturated carbocycles. The van der Waals surface area contributed by atoms with Crippen LogP contribution in [0, 0.1) is 0 Å². The van der Waals surface area contributed by atoms with E-state index >= 15 is 0 Å². The van der Waals surface area contributed by atoms with Gasteiger partial charge in [-0.1, -0.05) is 12.1 Å². The van der Waals surface area contributed by atoms with E-state index in [0.717, 1.165) is 57.1 Å². The van der Waals surface area contributed by atoms with Gasteiger partial charge in [-0.15, -0.1) is 0 Å². The largest absolute Gasteiger partial charge is 0.489 e. The molecule has 1 aliphatic heterocycles. The topological polar surface area (TPSA) is 41.7 Å². The maximum absolute atomic E-state index is 12.3. The number of ether oxygens (including phenoxy) is 1. The minimum absolute atomic E-state index is 0.121. The molecule has 1 aromatic carbocycles. The highest BCUT2D eigenvalue weighted by Crippen LogP contribution is 2.28. The van der Waals surface area contributed by atoms with Crippen LogP contribution in [-0.4, -0.2) is 57.4 Å². The average molecular weight is 295 g/mol. The van der Waals surface area contributed by atoms with E-state index in [4.69, 9.17) is 10.5 Å². The third-order valence-electron chi connectivity index (χ3n) is 3.84. The van der Waals surface area contributed by atoms with Crippen molar-refractivity contribution in [3.05, 3.63) is 24.3 Å². The molecule has 0 radical (unpaired) electrons. The summed E-state index contributed by atoms with van der Waals surface area (Å²) < 4.78 is 17.8. The molecule has 21 heavy (non-hydrogen) atoms. The highest BCUT2D eigenvalue weighted by molar-refractivity contribution is 5.58. The summed E-state index contributed by atoms with van der Waals surface area (Å²) in [6.45, 7) is 5.66. The lowest BCUT2D eigenvalue weighted by Gasteiger charge is -2.36. The molecule has 4 nitrogen and oxygen atoms in total. The highest BCUT2D eigenvalue weighted by atomic mass is 19.1. The Kier molecular flexibility index (Phi) is 6.76. The number of unbranched alkanes of at least 4 members (excludes halogenated alkanes) is 1. The molecule has 1 aromatic rings. The molecule has 0 atom stereocenters. The number of nitrogens with zero attached hydrogens (tertiary/aromatic N) is 2. The van der Waals surface area contributed by atoms with E-state index in [1.807, 2.05) is 18.2 Å². The van der Waals surface area contributed by atoms with Gasteiger partial charge in [0.2, 0.25) is 0 Å². The molecule has 0 bridgehead atoms. The number of piperazine rings is 1. The molecule has 118 valence electrons. The average Bonchev–Trinajstić information content (AvgIpc) is 2.54. The Labute approximate surface area is 126 Å². The number of hydrogen-bond donors (Lipinski definition) is 1. The molecule has 0 amide bonds. The lowest BCUT2D eigenvalue weighted by Crippen LogP contribution is -2.46. The van der Waals surface area contributed by atoms with Crippen LogP contribution >= 0.6 is 0 Å². The van der Waals surface area contributed by atoms with Gasteiger partial charge in [-0.2, -0.15) is 0 Å². The van der Waals surface area contributed by atoms with Crippen LogP contribution < -0.4 is 15.4 Å². The Morgan fingerprint density at radius 2 is 1.86 bits per heavy atom. The van der Waals surface area contributed by atoms with Crippen LogP contribution in [0.1, 0.15) is 12.8 Å². The van der Waals surface area contributed by atoms with Gasteiger partial charge < -0.3 is 15.4 Å². The number of rotatable bonds is 8. The van der Waals surface area contributed by atoms with Crippen LogP contribution in [0.4, 0.5) is 10.1 Å². The van der Waals surface area contributed by atoms with Gasteiger partial charge >= 0.3 is 0 Å². The highest BCUT2D eigenvalue weighted by Gasteiger charge is 2.19. The van der Waals surface area contributed by atoms with Gasteiger partial charge in [-0.05, 0) is 38.1 Å². The van der Waals surface area contributed by atoms with Crippen molar-refractivity contribution in [2.24, 2.45) is 5.73 Å². The fourth-order valence-corrected chi connectivity index (χ4v) is 2.68. The van der Waals surface area contributed by atoms with E-state index in [2.05, 4.69) is 15.9 Å². The number of benzene rings is 1. The summed E-state index contributed by atoms with van der Waals surface area (Å²) in [6, 6.07) is 7.90. The predicted octanol–water partition coefficient (Wildman–Crippen LogP) is 1.90. The lowest BCUT2D eigenvalue weighted by molar-refractivity contribution is 0.249. The number of hydrogen-bond acceptors (Lipinski definition) is 4. The molecule has 0 aliphatic carbocycles. The maximum Gasteiger partial charge on any atom is 0.142 e. The van der Waals surface area contributed by atoms with Crippen LogP contribution in [0.2, 0.25) is 0 Å². The maximum atomic E-state index is 12.3. The summed E-state index contributed by atoms with van der Waals surface area (Å²) in [5.74, 6) is 0.784. The first kappa shape index (κ1) is 16.0. The molecule has 1 fully saturated rings. The minimum atomic E-state index is -0.455. The summed E-state index contributed by atoms with van der Waals surface area (Å²) in [7, 11) is 0. The van der Waals surface area contributed by atoms with E-state index in [1.54, 1.807) is 0 Å². The molecule has 2 rings (SSSR count). The van der Waals surface area contributed by atoms with Crippen molar-refractivity contribution in [1.82, 2.24) is 4.90 Å². The van der Waals surface area contributed by atoms with Gasteiger partial charge in [-0.3, -0.25) is 4.90 Å². The molecule has 0 aromatic heterocycles. The first-order valence-electron chi connectivity index (χ1n) is 7.80.